The van der Waals surface area contributed by atoms with Crippen molar-refractivity contribution in [2.24, 2.45) is 0 Å². The topological polar surface area (TPSA) is 44.8 Å². The largest absolute Gasteiger partial charge is 0.331 e. The third-order valence-corrected chi connectivity index (χ3v) is 3.97. The van der Waals surface area contributed by atoms with Crippen molar-refractivity contribution >= 4 is 15.8 Å². The SMILES string of the molecule is COC(CC[SiH2]C=C(C)C=O)(OC)OC. The van der Waals surface area contributed by atoms with E-state index in [4.69, 9.17) is 14.2 Å². The van der Waals surface area contributed by atoms with Crippen LogP contribution in [0.1, 0.15) is 13.3 Å². The monoisotopic (exact) mass is 232 g/mol. The quantitative estimate of drug-likeness (QED) is 0.203. The number of ether oxygens (including phenoxy) is 3. The Morgan fingerprint density at radius 2 is 1.80 bits per heavy atom. The van der Waals surface area contributed by atoms with E-state index in [1.807, 2.05) is 12.6 Å². The minimum absolute atomic E-state index is 0.388. The molecule has 0 aromatic carbocycles. The van der Waals surface area contributed by atoms with Crippen LogP contribution < -0.4 is 0 Å². The second-order valence-electron chi connectivity index (χ2n) is 3.25. The maximum absolute atomic E-state index is 10.3. The van der Waals surface area contributed by atoms with Crippen molar-refractivity contribution in [1.82, 2.24) is 0 Å². The molecule has 0 aliphatic heterocycles. The normalized spacial score (nSPS) is 13.7. The molecule has 5 heteroatoms. The van der Waals surface area contributed by atoms with Crippen molar-refractivity contribution in [3.05, 3.63) is 11.3 Å². The van der Waals surface area contributed by atoms with Crippen molar-refractivity contribution in [1.29, 1.82) is 0 Å². The molecule has 0 aliphatic carbocycles. The van der Waals surface area contributed by atoms with Gasteiger partial charge in [-0.2, -0.15) is 0 Å². The predicted octanol–water partition coefficient (Wildman–Crippen LogP) is 0.659. The van der Waals surface area contributed by atoms with E-state index in [1.54, 1.807) is 21.3 Å². The highest BCUT2D eigenvalue weighted by molar-refractivity contribution is 6.42. The summed E-state index contributed by atoms with van der Waals surface area (Å²) in [6.45, 7) is 1.82. The lowest BCUT2D eigenvalue weighted by Crippen LogP contribution is -2.35. The second kappa shape index (κ2) is 7.75. The van der Waals surface area contributed by atoms with Gasteiger partial charge in [-0.3, -0.25) is 4.79 Å². The first kappa shape index (κ1) is 14.5. The Bertz CT molecular complexity index is 203. The number of hydrogen-bond donors (Lipinski definition) is 0. The molecule has 0 saturated carbocycles. The molecule has 0 aromatic rings. The zero-order chi connectivity index (χ0) is 11.7. The highest BCUT2D eigenvalue weighted by Gasteiger charge is 2.28. The van der Waals surface area contributed by atoms with Crippen LogP contribution in [0, 0.1) is 0 Å². The highest BCUT2D eigenvalue weighted by atomic mass is 28.2. The average Bonchev–Trinajstić information content (AvgIpc) is 2.30. The van der Waals surface area contributed by atoms with Crippen molar-refractivity contribution in [3.8, 4) is 0 Å². The van der Waals surface area contributed by atoms with E-state index < -0.39 is 5.97 Å². The Kier molecular flexibility index (Phi) is 7.50. The number of allylic oxidation sites excluding steroid dienone is 1. The smallest absolute Gasteiger partial charge is 0.281 e. The summed E-state index contributed by atoms with van der Waals surface area (Å²) in [5, 5.41) is 0. The Morgan fingerprint density at radius 1 is 1.27 bits per heavy atom. The molecule has 0 unspecified atom stereocenters. The van der Waals surface area contributed by atoms with Crippen LogP contribution in [-0.4, -0.2) is 43.1 Å². The Hall–Kier alpha value is -0.493. The molecule has 0 rings (SSSR count). The summed E-state index contributed by atoms with van der Waals surface area (Å²) in [6, 6.07) is 0.973. The minimum Gasteiger partial charge on any atom is -0.331 e. The van der Waals surface area contributed by atoms with Gasteiger partial charge in [-0.15, -0.1) is 0 Å². The minimum atomic E-state index is -0.921. The standard InChI is InChI=1S/C10H20O4Si/c1-9(7-11)8-15-6-5-10(12-2,13-3)14-4/h7-8H,5-6,15H2,1-4H3. The number of rotatable bonds is 8. The molecule has 0 atom stereocenters. The maximum atomic E-state index is 10.3. The molecule has 0 saturated heterocycles. The van der Waals surface area contributed by atoms with E-state index in [1.165, 1.54) is 0 Å². The van der Waals surface area contributed by atoms with Gasteiger partial charge in [0.15, 0.2) is 0 Å². The molecule has 0 fully saturated rings. The third kappa shape index (κ3) is 5.22. The molecule has 15 heavy (non-hydrogen) atoms. The van der Waals surface area contributed by atoms with Crippen molar-refractivity contribution in [3.63, 3.8) is 0 Å². The molecule has 0 aromatic heterocycles. The second-order valence-corrected chi connectivity index (χ2v) is 4.95. The molecule has 0 heterocycles. The van der Waals surface area contributed by atoms with E-state index in [0.29, 0.717) is 6.42 Å². The summed E-state index contributed by atoms with van der Waals surface area (Å²) in [6.07, 6.45) is 1.56. The van der Waals surface area contributed by atoms with Crippen molar-refractivity contribution in [2.45, 2.75) is 25.4 Å². The first-order valence-corrected chi connectivity index (χ1v) is 6.73. The molecule has 4 nitrogen and oxygen atoms in total. The van der Waals surface area contributed by atoms with E-state index in [-0.39, 0.29) is 9.52 Å². The highest BCUT2D eigenvalue weighted by Crippen LogP contribution is 2.19. The van der Waals surface area contributed by atoms with Gasteiger partial charge < -0.3 is 14.2 Å². The molecule has 0 N–H and O–H groups in total. The van der Waals surface area contributed by atoms with E-state index in [2.05, 4.69) is 0 Å². The lowest BCUT2D eigenvalue weighted by atomic mass is 10.4. The van der Waals surface area contributed by atoms with Crippen LogP contribution in [0.3, 0.4) is 0 Å². The molecule has 0 radical (unpaired) electrons. The van der Waals surface area contributed by atoms with Gasteiger partial charge in [-0.1, -0.05) is 11.7 Å². The molecule has 0 amide bonds. The van der Waals surface area contributed by atoms with Gasteiger partial charge in [0, 0.05) is 37.3 Å². The van der Waals surface area contributed by atoms with Crippen LogP contribution in [0.2, 0.25) is 6.04 Å². The molecule has 0 aliphatic rings. The van der Waals surface area contributed by atoms with Crippen LogP contribution in [0.4, 0.5) is 0 Å². The maximum Gasteiger partial charge on any atom is 0.281 e. The third-order valence-electron chi connectivity index (χ3n) is 2.27. The number of hydrogen-bond acceptors (Lipinski definition) is 4. The lowest BCUT2D eigenvalue weighted by molar-refractivity contribution is -0.352. The molecule has 88 valence electrons. The number of methoxy groups -OCH3 is 3. The van der Waals surface area contributed by atoms with Gasteiger partial charge in [0.2, 0.25) is 0 Å². The van der Waals surface area contributed by atoms with Gasteiger partial charge in [-0.25, -0.2) is 0 Å². The van der Waals surface area contributed by atoms with Gasteiger partial charge in [0.05, 0.1) is 0 Å². The zero-order valence-corrected chi connectivity index (χ0v) is 11.3. The Morgan fingerprint density at radius 3 is 2.20 bits per heavy atom. The van der Waals surface area contributed by atoms with E-state index in [9.17, 15) is 4.79 Å². The van der Waals surface area contributed by atoms with Crippen LogP contribution in [0.15, 0.2) is 11.3 Å². The predicted molar refractivity (Wildman–Crippen MR) is 61.5 cm³/mol. The molecular formula is C10H20O4Si. The first-order chi connectivity index (χ1) is 7.14. The average molecular weight is 232 g/mol. The fourth-order valence-corrected chi connectivity index (χ4v) is 2.65. The van der Waals surface area contributed by atoms with Crippen LogP contribution in [-0.2, 0) is 19.0 Å². The van der Waals surface area contributed by atoms with Crippen LogP contribution >= 0.6 is 0 Å². The van der Waals surface area contributed by atoms with Gasteiger partial charge in [-0.05, 0) is 12.5 Å². The van der Waals surface area contributed by atoms with Gasteiger partial charge in [0.1, 0.15) is 6.29 Å². The Balaban J connectivity index is 3.96. The van der Waals surface area contributed by atoms with E-state index >= 15 is 0 Å². The number of aldehydes is 1. The first-order valence-electron chi connectivity index (χ1n) is 4.91. The van der Waals surface area contributed by atoms with E-state index in [0.717, 1.165) is 17.9 Å². The van der Waals surface area contributed by atoms with Crippen molar-refractivity contribution < 1.29 is 19.0 Å². The Labute approximate surface area is 93.4 Å². The summed E-state index contributed by atoms with van der Waals surface area (Å²) in [7, 11) is 4.28. The van der Waals surface area contributed by atoms with Crippen molar-refractivity contribution in [2.75, 3.05) is 21.3 Å². The lowest BCUT2D eigenvalue weighted by Gasteiger charge is -2.28. The number of carbonyl (C=O) groups excluding carboxylic acids is 1. The molecule has 0 bridgehead atoms. The summed E-state index contributed by atoms with van der Waals surface area (Å²) in [4.78, 5) is 10.3. The summed E-state index contributed by atoms with van der Waals surface area (Å²) < 4.78 is 15.5. The fraction of sp³-hybridized carbons (Fsp3) is 0.700. The molecule has 0 spiro atoms. The van der Waals surface area contributed by atoms with Gasteiger partial charge >= 0.3 is 0 Å². The van der Waals surface area contributed by atoms with Gasteiger partial charge in [0.25, 0.3) is 5.97 Å². The summed E-state index contributed by atoms with van der Waals surface area (Å²) in [5.41, 5.74) is 2.83. The molecular weight excluding hydrogens is 212 g/mol. The summed E-state index contributed by atoms with van der Waals surface area (Å²) >= 11 is 0. The van der Waals surface area contributed by atoms with Crippen LogP contribution in [0.25, 0.3) is 0 Å². The fourth-order valence-electron chi connectivity index (χ4n) is 1.25. The number of carbonyl (C=O) groups is 1. The van der Waals surface area contributed by atoms with Crippen LogP contribution in [0.5, 0.6) is 0 Å². The zero-order valence-electron chi connectivity index (χ0n) is 9.91. The summed E-state index contributed by atoms with van der Waals surface area (Å²) in [5.74, 6) is -0.921.